The highest BCUT2D eigenvalue weighted by Gasteiger charge is 1.97. The van der Waals surface area contributed by atoms with Gasteiger partial charge < -0.3 is 10.6 Å². The largest absolute Gasteiger partial charge is 0.373 e. The van der Waals surface area contributed by atoms with Crippen LogP contribution in [0.25, 0.3) is 0 Å². The minimum Gasteiger partial charge on any atom is -0.373 e. The van der Waals surface area contributed by atoms with E-state index in [0.29, 0.717) is 0 Å². The quantitative estimate of drug-likeness (QED) is 0.833. The summed E-state index contributed by atoms with van der Waals surface area (Å²) in [6, 6.07) is 5.87. The zero-order chi connectivity index (χ0) is 11.2. The average molecular weight is 234 g/mol. The van der Waals surface area contributed by atoms with Crippen molar-refractivity contribution in [2.75, 3.05) is 24.2 Å². The Morgan fingerprint density at radius 1 is 1.31 bits per heavy atom. The number of pyridine rings is 1. The Hall–Kier alpha value is -1.62. The number of hydrogen-bond donors (Lipinski definition) is 2. The molecular weight excluding hydrogens is 220 g/mol. The SMILES string of the molecule is CNc1cccc(NCCc2nccs2)n1. The molecule has 0 fully saturated rings. The van der Waals surface area contributed by atoms with Gasteiger partial charge in [-0.2, -0.15) is 0 Å². The topological polar surface area (TPSA) is 49.8 Å². The Kier molecular flexibility index (Phi) is 3.71. The summed E-state index contributed by atoms with van der Waals surface area (Å²) in [6.07, 6.45) is 2.77. The lowest BCUT2D eigenvalue weighted by Gasteiger charge is -2.05. The monoisotopic (exact) mass is 234 g/mol. The van der Waals surface area contributed by atoms with Gasteiger partial charge in [-0.15, -0.1) is 11.3 Å². The first kappa shape index (κ1) is 10.9. The Balaban J connectivity index is 1.85. The molecule has 4 nitrogen and oxygen atoms in total. The highest BCUT2D eigenvalue weighted by atomic mass is 32.1. The van der Waals surface area contributed by atoms with Crippen LogP contribution in [0.4, 0.5) is 11.6 Å². The Morgan fingerprint density at radius 3 is 2.94 bits per heavy atom. The lowest BCUT2D eigenvalue weighted by atomic mass is 10.4. The van der Waals surface area contributed by atoms with Crippen LogP contribution in [0.2, 0.25) is 0 Å². The first-order chi connectivity index (χ1) is 7.88. The second kappa shape index (κ2) is 5.46. The zero-order valence-electron chi connectivity index (χ0n) is 9.10. The Labute approximate surface area is 98.8 Å². The molecule has 2 rings (SSSR count). The van der Waals surface area contributed by atoms with Crippen LogP contribution in [0.1, 0.15) is 5.01 Å². The molecule has 0 aliphatic carbocycles. The van der Waals surface area contributed by atoms with Gasteiger partial charge in [-0.3, -0.25) is 0 Å². The second-order valence-electron chi connectivity index (χ2n) is 3.26. The summed E-state index contributed by atoms with van der Waals surface area (Å²) >= 11 is 1.68. The molecule has 2 N–H and O–H groups in total. The predicted octanol–water partition coefficient (Wildman–Crippen LogP) is 2.23. The Bertz CT molecular complexity index is 427. The Morgan fingerprint density at radius 2 is 2.19 bits per heavy atom. The van der Waals surface area contributed by atoms with E-state index in [-0.39, 0.29) is 0 Å². The van der Waals surface area contributed by atoms with Crippen LogP contribution in [0, 0.1) is 0 Å². The van der Waals surface area contributed by atoms with E-state index in [2.05, 4.69) is 20.6 Å². The molecule has 0 saturated heterocycles. The maximum absolute atomic E-state index is 4.37. The van der Waals surface area contributed by atoms with Gasteiger partial charge in [0.05, 0.1) is 5.01 Å². The fraction of sp³-hybridized carbons (Fsp3) is 0.273. The number of nitrogens with one attached hydrogen (secondary N) is 2. The predicted molar refractivity (Wildman–Crippen MR) is 68.1 cm³/mol. The van der Waals surface area contributed by atoms with Crippen molar-refractivity contribution in [1.29, 1.82) is 0 Å². The highest BCUT2D eigenvalue weighted by Crippen LogP contribution is 2.09. The summed E-state index contributed by atoms with van der Waals surface area (Å²) in [5, 5.41) is 9.43. The molecule has 0 aromatic carbocycles. The van der Waals surface area contributed by atoms with Crippen LogP contribution in [0.3, 0.4) is 0 Å². The van der Waals surface area contributed by atoms with Crippen molar-refractivity contribution in [3.63, 3.8) is 0 Å². The summed E-state index contributed by atoms with van der Waals surface area (Å²) in [6.45, 7) is 0.855. The summed E-state index contributed by atoms with van der Waals surface area (Å²) in [7, 11) is 1.86. The average Bonchev–Trinajstić information content (AvgIpc) is 2.82. The molecule has 0 aliphatic rings. The van der Waals surface area contributed by atoms with Crippen LogP contribution >= 0.6 is 11.3 Å². The lowest BCUT2D eigenvalue weighted by molar-refractivity contribution is 0.988. The molecule has 84 valence electrons. The first-order valence-corrected chi connectivity index (χ1v) is 6.03. The zero-order valence-corrected chi connectivity index (χ0v) is 9.92. The molecule has 2 aromatic heterocycles. The second-order valence-corrected chi connectivity index (χ2v) is 4.24. The van der Waals surface area contributed by atoms with Crippen molar-refractivity contribution in [1.82, 2.24) is 9.97 Å². The van der Waals surface area contributed by atoms with Crippen molar-refractivity contribution in [2.45, 2.75) is 6.42 Å². The molecule has 16 heavy (non-hydrogen) atoms. The number of aromatic nitrogens is 2. The molecule has 0 bridgehead atoms. The van der Waals surface area contributed by atoms with Crippen LogP contribution in [-0.2, 0) is 6.42 Å². The van der Waals surface area contributed by atoms with Gasteiger partial charge in [-0.05, 0) is 12.1 Å². The van der Waals surface area contributed by atoms with E-state index >= 15 is 0 Å². The van der Waals surface area contributed by atoms with Crippen LogP contribution in [-0.4, -0.2) is 23.6 Å². The summed E-state index contributed by atoms with van der Waals surface area (Å²) in [4.78, 5) is 8.60. The maximum atomic E-state index is 4.37. The number of rotatable bonds is 5. The van der Waals surface area contributed by atoms with Crippen molar-refractivity contribution in [3.8, 4) is 0 Å². The molecule has 0 atom stereocenters. The van der Waals surface area contributed by atoms with Crippen molar-refractivity contribution in [2.24, 2.45) is 0 Å². The van der Waals surface area contributed by atoms with Crippen molar-refractivity contribution >= 4 is 23.0 Å². The summed E-state index contributed by atoms with van der Waals surface area (Å²) in [5.74, 6) is 1.77. The molecular formula is C11H14N4S. The van der Waals surface area contributed by atoms with Gasteiger partial charge in [0.15, 0.2) is 0 Å². The van der Waals surface area contributed by atoms with E-state index in [4.69, 9.17) is 0 Å². The number of nitrogens with zero attached hydrogens (tertiary/aromatic N) is 2. The molecule has 0 aliphatic heterocycles. The third-order valence-electron chi connectivity index (χ3n) is 2.13. The lowest BCUT2D eigenvalue weighted by Crippen LogP contribution is -2.06. The van der Waals surface area contributed by atoms with Gasteiger partial charge in [0.1, 0.15) is 11.6 Å². The normalized spacial score (nSPS) is 10.1. The fourth-order valence-electron chi connectivity index (χ4n) is 1.35. The molecule has 2 heterocycles. The summed E-state index contributed by atoms with van der Waals surface area (Å²) < 4.78 is 0. The molecule has 0 radical (unpaired) electrons. The van der Waals surface area contributed by atoms with Gasteiger partial charge in [-0.25, -0.2) is 9.97 Å². The fourth-order valence-corrected chi connectivity index (χ4v) is 1.97. The maximum Gasteiger partial charge on any atom is 0.128 e. The van der Waals surface area contributed by atoms with E-state index in [0.717, 1.165) is 29.6 Å². The third kappa shape index (κ3) is 2.93. The minimum absolute atomic E-state index is 0.855. The minimum atomic E-state index is 0.855. The van der Waals surface area contributed by atoms with E-state index in [1.54, 1.807) is 11.3 Å². The van der Waals surface area contributed by atoms with E-state index < -0.39 is 0 Å². The van der Waals surface area contributed by atoms with Gasteiger partial charge in [-0.1, -0.05) is 6.07 Å². The number of anilines is 2. The molecule has 5 heteroatoms. The van der Waals surface area contributed by atoms with Crippen molar-refractivity contribution in [3.05, 3.63) is 34.8 Å². The smallest absolute Gasteiger partial charge is 0.128 e. The van der Waals surface area contributed by atoms with Crippen LogP contribution in [0.5, 0.6) is 0 Å². The standard InChI is InChI=1S/C11H14N4S/c1-12-9-3-2-4-10(15-9)13-6-5-11-14-7-8-16-11/h2-4,7-8H,5-6H2,1H3,(H2,12,13,15). The van der Waals surface area contributed by atoms with Gasteiger partial charge in [0.2, 0.25) is 0 Å². The van der Waals surface area contributed by atoms with Gasteiger partial charge in [0.25, 0.3) is 0 Å². The first-order valence-electron chi connectivity index (χ1n) is 5.15. The third-order valence-corrected chi connectivity index (χ3v) is 2.97. The van der Waals surface area contributed by atoms with Gasteiger partial charge in [0, 0.05) is 31.6 Å². The molecule has 2 aromatic rings. The molecule has 0 unspecified atom stereocenters. The number of thiazole rings is 1. The van der Waals surface area contributed by atoms with E-state index in [1.165, 1.54) is 0 Å². The molecule has 0 amide bonds. The van der Waals surface area contributed by atoms with E-state index in [9.17, 15) is 0 Å². The van der Waals surface area contributed by atoms with E-state index in [1.807, 2.05) is 36.8 Å². The van der Waals surface area contributed by atoms with Crippen LogP contribution < -0.4 is 10.6 Å². The molecule has 0 spiro atoms. The highest BCUT2D eigenvalue weighted by molar-refractivity contribution is 7.09. The van der Waals surface area contributed by atoms with Crippen molar-refractivity contribution < 1.29 is 0 Å². The van der Waals surface area contributed by atoms with Crippen LogP contribution in [0.15, 0.2) is 29.8 Å². The van der Waals surface area contributed by atoms with Gasteiger partial charge >= 0.3 is 0 Å². The summed E-state index contributed by atoms with van der Waals surface area (Å²) in [5.41, 5.74) is 0. The number of hydrogen-bond acceptors (Lipinski definition) is 5. The molecule has 0 saturated carbocycles.